The van der Waals surface area contributed by atoms with Crippen LogP contribution in [0.2, 0.25) is 10.0 Å². The monoisotopic (exact) mass is 466 g/mol. The van der Waals surface area contributed by atoms with E-state index in [1.54, 1.807) is 6.07 Å². The summed E-state index contributed by atoms with van der Waals surface area (Å²) in [7, 11) is 0. The molecule has 1 amide bonds. The molecule has 0 spiro atoms. The Labute approximate surface area is 198 Å². The van der Waals surface area contributed by atoms with E-state index in [0.29, 0.717) is 16.6 Å². The first-order valence-electron chi connectivity index (χ1n) is 11.0. The second kappa shape index (κ2) is 9.08. The molecule has 0 bridgehead atoms. The van der Waals surface area contributed by atoms with Gasteiger partial charge in [-0.2, -0.15) is 10.2 Å². The molecule has 1 fully saturated rings. The topological polar surface area (TPSA) is 49.3 Å². The molecule has 1 saturated heterocycles. The van der Waals surface area contributed by atoms with Crippen LogP contribution in [-0.2, 0) is 13.0 Å². The third-order valence-electron chi connectivity index (χ3n) is 6.22. The Morgan fingerprint density at radius 3 is 2.47 bits per heavy atom. The fraction of sp³-hybridized carbons (Fsp3) is 0.320. The molecular formula is C25H24Cl2N4O. The zero-order valence-corrected chi connectivity index (χ0v) is 19.2. The van der Waals surface area contributed by atoms with E-state index in [0.717, 1.165) is 79.1 Å². The standard InChI is InChI=1S/C25H24Cl2N4O/c26-20-9-10-21(27)19(14-20)16-31-13-3-4-22-24(31)15-23(29-28-22)17-5-7-18(8-6-17)25(32)30-11-1-2-12-30/h5-10,14-15H,1-4,11-13,16H2. The molecule has 2 aliphatic rings. The molecule has 32 heavy (non-hydrogen) atoms. The van der Waals surface area contributed by atoms with Crippen LogP contribution in [0.4, 0.5) is 5.69 Å². The van der Waals surface area contributed by atoms with Crippen molar-refractivity contribution in [1.82, 2.24) is 15.1 Å². The summed E-state index contributed by atoms with van der Waals surface area (Å²) in [5.74, 6) is 0.107. The molecule has 3 aromatic rings. The van der Waals surface area contributed by atoms with Crippen LogP contribution in [0.3, 0.4) is 0 Å². The van der Waals surface area contributed by atoms with Gasteiger partial charge in [0.2, 0.25) is 0 Å². The number of fused-ring (bicyclic) bond motifs is 1. The number of anilines is 1. The summed E-state index contributed by atoms with van der Waals surface area (Å²) >= 11 is 12.6. The third kappa shape index (κ3) is 4.32. The molecule has 2 aliphatic heterocycles. The van der Waals surface area contributed by atoms with Crippen LogP contribution in [-0.4, -0.2) is 40.6 Å². The van der Waals surface area contributed by atoms with Gasteiger partial charge >= 0.3 is 0 Å². The predicted molar refractivity (Wildman–Crippen MR) is 128 cm³/mol. The SMILES string of the molecule is O=C(c1ccc(-c2cc3c(nn2)CCCN3Cc2cc(Cl)ccc2Cl)cc1)N1CCCC1. The summed E-state index contributed by atoms with van der Waals surface area (Å²) in [4.78, 5) is 16.8. The number of hydrogen-bond acceptors (Lipinski definition) is 4. The molecule has 0 radical (unpaired) electrons. The molecular weight excluding hydrogens is 443 g/mol. The van der Waals surface area contributed by atoms with E-state index >= 15 is 0 Å². The van der Waals surface area contributed by atoms with Crippen LogP contribution in [0.1, 0.15) is 40.9 Å². The van der Waals surface area contributed by atoms with Crippen molar-refractivity contribution in [2.45, 2.75) is 32.2 Å². The van der Waals surface area contributed by atoms with Crippen LogP contribution >= 0.6 is 23.2 Å². The minimum Gasteiger partial charge on any atom is -0.366 e. The van der Waals surface area contributed by atoms with Crippen LogP contribution in [0.25, 0.3) is 11.3 Å². The smallest absolute Gasteiger partial charge is 0.253 e. The van der Waals surface area contributed by atoms with Crippen LogP contribution in [0.5, 0.6) is 0 Å². The Bertz CT molecular complexity index is 1140. The zero-order valence-electron chi connectivity index (χ0n) is 17.7. The zero-order chi connectivity index (χ0) is 22.1. The number of likely N-dealkylation sites (tertiary alicyclic amines) is 1. The van der Waals surface area contributed by atoms with Crippen molar-refractivity contribution in [2.75, 3.05) is 24.5 Å². The molecule has 5 nitrogen and oxygen atoms in total. The van der Waals surface area contributed by atoms with Gasteiger partial charge in [0.25, 0.3) is 5.91 Å². The van der Waals surface area contributed by atoms with Gasteiger partial charge in [-0.15, -0.1) is 0 Å². The molecule has 0 aliphatic carbocycles. The second-order valence-electron chi connectivity index (χ2n) is 8.40. The number of rotatable bonds is 4. The molecule has 1 aromatic heterocycles. The molecule has 5 rings (SSSR count). The quantitative estimate of drug-likeness (QED) is 0.499. The minimum absolute atomic E-state index is 0.107. The summed E-state index contributed by atoms with van der Waals surface area (Å²) in [5, 5.41) is 10.4. The van der Waals surface area contributed by atoms with Gasteiger partial charge in [-0.3, -0.25) is 4.79 Å². The number of amides is 1. The lowest BCUT2D eigenvalue weighted by Crippen LogP contribution is -2.29. The maximum atomic E-state index is 12.6. The first kappa shape index (κ1) is 21.2. The Morgan fingerprint density at radius 2 is 1.69 bits per heavy atom. The van der Waals surface area contributed by atoms with Crippen molar-refractivity contribution in [2.24, 2.45) is 0 Å². The van der Waals surface area contributed by atoms with Gasteiger partial charge in [0.1, 0.15) is 0 Å². The number of carbonyl (C=O) groups is 1. The lowest BCUT2D eigenvalue weighted by molar-refractivity contribution is 0.0793. The Balaban J connectivity index is 1.40. The number of nitrogens with zero attached hydrogens (tertiary/aromatic N) is 4. The molecule has 0 atom stereocenters. The van der Waals surface area contributed by atoms with Crippen molar-refractivity contribution < 1.29 is 4.79 Å². The minimum atomic E-state index is 0.107. The molecule has 164 valence electrons. The summed E-state index contributed by atoms with van der Waals surface area (Å²) in [6.45, 7) is 3.29. The maximum absolute atomic E-state index is 12.6. The highest BCUT2D eigenvalue weighted by molar-refractivity contribution is 6.33. The Morgan fingerprint density at radius 1 is 0.906 bits per heavy atom. The Kier molecular flexibility index (Phi) is 6.03. The highest BCUT2D eigenvalue weighted by Gasteiger charge is 2.22. The van der Waals surface area contributed by atoms with E-state index in [1.807, 2.05) is 41.3 Å². The van der Waals surface area contributed by atoms with Crippen molar-refractivity contribution in [1.29, 1.82) is 0 Å². The van der Waals surface area contributed by atoms with Gasteiger partial charge < -0.3 is 9.80 Å². The average molecular weight is 467 g/mol. The molecule has 0 saturated carbocycles. The average Bonchev–Trinajstić information content (AvgIpc) is 3.36. The van der Waals surface area contributed by atoms with Gasteiger partial charge in [-0.05, 0) is 67.6 Å². The molecule has 3 heterocycles. The van der Waals surface area contributed by atoms with E-state index in [9.17, 15) is 4.79 Å². The van der Waals surface area contributed by atoms with Crippen molar-refractivity contribution in [3.8, 4) is 11.3 Å². The number of halogens is 2. The number of carbonyl (C=O) groups excluding carboxylic acids is 1. The summed E-state index contributed by atoms with van der Waals surface area (Å²) < 4.78 is 0. The molecule has 7 heteroatoms. The van der Waals surface area contributed by atoms with Gasteiger partial charge in [-0.1, -0.05) is 35.3 Å². The summed E-state index contributed by atoms with van der Waals surface area (Å²) in [5.41, 5.74) is 5.54. The highest BCUT2D eigenvalue weighted by atomic mass is 35.5. The van der Waals surface area contributed by atoms with Crippen LogP contribution in [0, 0.1) is 0 Å². The largest absolute Gasteiger partial charge is 0.366 e. The number of aryl methyl sites for hydroxylation is 1. The predicted octanol–water partition coefficient (Wildman–Crippen LogP) is 5.64. The van der Waals surface area contributed by atoms with E-state index in [4.69, 9.17) is 23.2 Å². The van der Waals surface area contributed by atoms with Gasteiger partial charge in [0.05, 0.1) is 17.1 Å². The fourth-order valence-corrected chi connectivity index (χ4v) is 4.85. The van der Waals surface area contributed by atoms with Gasteiger partial charge in [0, 0.05) is 47.4 Å². The first-order valence-corrected chi connectivity index (χ1v) is 11.8. The fourth-order valence-electron chi connectivity index (χ4n) is 4.48. The first-order chi connectivity index (χ1) is 15.6. The molecule has 0 unspecified atom stereocenters. The number of benzene rings is 2. The molecule has 0 N–H and O–H groups in total. The summed E-state index contributed by atoms with van der Waals surface area (Å²) in [6, 6.07) is 15.4. The van der Waals surface area contributed by atoms with Crippen LogP contribution < -0.4 is 4.90 Å². The van der Waals surface area contributed by atoms with E-state index < -0.39 is 0 Å². The maximum Gasteiger partial charge on any atom is 0.253 e. The van der Waals surface area contributed by atoms with E-state index in [2.05, 4.69) is 21.2 Å². The normalized spacial score (nSPS) is 15.7. The number of hydrogen-bond donors (Lipinski definition) is 0. The van der Waals surface area contributed by atoms with Crippen LogP contribution in [0.15, 0.2) is 48.5 Å². The molecule has 2 aromatic carbocycles. The highest BCUT2D eigenvalue weighted by Crippen LogP contribution is 2.32. The van der Waals surface area contributed by atoms with Crippen molar-refractivity contribution in [3.63, 3.8) is 0 Å². The van der Waals surface area contributed by atoms with E-state index in [1.165, 1.54) is 0 Å². The van der Waals surface area contributed by atoms with Crippen molar-refractivity contribution >= 4 is 34.8 Å². The lowest BCUT2D eigenvalue weighted by Gasteiger charge is -2.31. The van der Waals surface area contributed by atoms with E-state index in [-0.39, 0.29) is 5.91 Å². The van der Waals surface area contributed by atoms with Crippen molar-refractivity contribution in [3.05, 3.63) is 75.4 Å². The Hall–Kier alpha value is -2.63. The second-order valence-corrected chi connectivity index (χ2v) is 9.24. The number of aromatic nitrogens is 2. The third-order valence-corrected chi connectivity index (χ3v) is 6.82. The summed E-state index contributed by atoms with van der Waals surface area (Å²) in [6.07, 6.45) is 4.11. The lowest BCUT2D eigenvalue weighted by atomic mass is 10.0. The van der Waals surface area contributed by atoms with Gasteiger partial charge in [0.15, 0.2) is 0 Å². The van der Waals surface area contributed by atoms with Gasteiger partial charge in [-0.25, -0.2) is 0 Å².